The van der Waals surface area contributed by atoms with Crippen LogP contribution in [0.1, 0.15) is 35.6 Å². The lowest BCUT2D eigenvalue weighted by molar-refractivity contribution is -0.121. The molecule has 0 aliphatic carbocycles. The number of thioether (sulfide) groups is 1. The molecule has 0 bridgehead atoms. The molecule has 6 nitrogen and oxygen atoms in total. The monoisotopic (exact) mass is 520 g/mol. The second-order valence-corrected chi connectivity index (χ2v) is 10.2. The van der Waals surface area contributed by atoms with Crippen LogP contribution in [0, 0.1) is 12.7 Å². The maximum atomic E-state index is 13.6. The summed E-state index contributed by atoms with van der Waals surface area (Å²) >= 11 is 7.27. The van der Waals surface area contributed by atoms with Crippen molar-refractivity contribution in [2.45, 2.75) is 31.1 Å². The minimum absolute atomic E-state index is 0.00669. The van der Waals surface area contributed by atoms with Crippen molar-refractivity contribution in [2.75, 3.05) is 5.32 Å². The van der Waals surface area contributed by atoms with Crippen LogP contribution in [0.15, 0.2) is 82.9 Å². The van der Waals surface area contributed by atoms with E-state index < -0.39 is 5.25 Å². The highest BCUT2D eigenvalue weighted by atomic mass is 35.5. The van der Waals surface area contributed by atoms with Gasteiger partial charge in [-0.05, 0) is 60.0 Å². The fourth-order valence-corrected chi connectivity index (χ4v) is 5.34. The van der Waals surface area contributed by atoms with Gasteiger partial charge in [0.15, 0.2) is 5.17 Å². The smallest absolute Gasteiger partial charge is 0.262 e. The zero-order valence-corrected chi connectivity index (χ0v) is 20.9. The standard InChI is InChI=1S/C27H22ClFN4O2S/c1-16-3-2-4-21(13-16)30-25(34)15-24-26(35)31-27(36-24)33-23(18-7-11-20(29)12-8-18)14-22(32-33)17-5-9-19(28)10-6-17/h2-13,23-24H,14-15H2,1H3,(H,30,34)/t23-,24-/m1/s1. The molecular weight excluding hydrogens is 499 g/mol. The van der Waals surface area contributed by atoms with Crippen LogP contribution in [0.5, 0.6) is 0 Å². The summed E-state index contributed by atoms with van der Waals surface area (Å²) in [5.74, 6) is -0.961. The molecular formula is C27H22ClFN4O2S. The first kappa shape index (κ1) is 24.2. The number of hydrazone groups is 1. The van der Waals surface area contributed by atoms with Gasteiger partial charge in [-0.1, -0.05) is 59.8 Å². The van der Waals surface area contributed by atoms with Crippen LogP contribution in [0.4, 0.5) is 10.1 Å². The maximum Gasteiger partial charge on any atom is 0.262 e. The summed E-state index contributed by atoms with van der Waals surface area (Å²) in [6.45, 7) is 1.94. The van der Waals surface area contributed by atoms with Crippen LogP contribution in [-0.2, 0) is 9.59 Å². The van der Waals surface area contributed by atoms with E-state index in [0.717, 1.165) is 22.4 Å². The third kappa shape index (κ3) is 5.34. The first-order valence-electron chi connectivity index (χ1n) is 11.4. The van der Waals surface area contributed by atoms with Gasteiger partial charge >= 0.3 is 0 Å². The van der Waals surface area contributed by atoms with Gasteiger partial charge in [-0.15, -0.1) is 0 Å². The summed E-state index contributed by atoms with van der Waals surface area (Å²) in [6, 6.07) is 20.8. The third-order valence-corrected chi connectivity index (χ3v) is 7.33. The van der Waals surface area contributed by atoms with Gasteiger partial charge in [0.25, 0.3) is 5.91 Å². The minimum Gasteiger partial charge on any atom is -0.326 e. The number of halogens is 2. The van der Waals surface area contributed by atoms with E-state index in [1.54, 1.807) is 35.3 Å². The molecule has 2 aliphatic rings. The molecule has 9 heteroatoms. The van der Waals surface area contributed by atoms with Gasteiger partial charge in [-0.3, -0.25) is 9.59 Å². The second kappa shape index (κ2) is 10.2. The van der Waals surface area contributed by atoms with Crippen LogP contribution in [0.3, 0.4) is 0 Å². The normalized spacial score (nSPS) is 19.3. The highest BCUT2D eigenvalue weighted by Crippen LogP contribution is 2.38. The number of carbonyl (C=O) groups is 2. The van der Waals surface area contributed by atoms with Crippen LogP contribution in [-0.4, -0.2) is 33.0 Å². The first-order valence-corrected chi connectivity index (χ1v) is 12.7. The van der Waals surface area contributed by atoms with Gasteiger partial charge < -0.3 is 5.32 Å². The molecule has 0 spiro atoms. The highest BCUT2D eigenvalue weighted by Gasteiger charge is 2.39. The molecule has 0 fully saturated rings. The molecule has 3 aromatic rings. The molecule has 2 aliphatic heterocycles. The van der Waals surface area contributed by atoms with Crippen molar-refractivity contribution in [1.29, 1.82) is 0 Å². The Kier molecular flexibility index (Phi) is 6.89. The summed E-state index contributed by atoms with van der Waals surface area (Å²) in [6.07, 6.45) is 0.535. The van der Waals surface area contributed by atoms with E-state index in [-0.39, 0.29) is 30.1 Å². The topological polar surface area (TPSA) is 74.1 Å². The largest absolute Gasteiger partial charge is 0.326 e. The first-order chi connectivity index (χ1) is 17.4. The number of carbonyl (C=O) groups excluding carboxylic acids is 2. The lowest BCUT2D eigenvalue weighted by atomic mass is 9.98. The Balaban J connectivity index is 1.35. The number of hydrogen-bond donors (Lipinski definition) is 1. The number of rotatable bonds is 5. The van der Waals surface area contributed by atoms with Gasteiger partial charge in [0.2, 0.25) is 5.91 Å². The van der Waals surface area contributed by atoms with Crippen molar-refractivity contribution in [3.8, 4) is 0 Å². The summed E-state index contributed by atoms with van der Waals surface area (Å²) < 4.78 is 13.6. The van der Waals surface area contributed by atoms with Crippen molar-refractivity contribution in [1.82, 2.24) is 5.01 Å². The molecule has 5 rings (SSSR count). The number of amides is 2. The number of nitrogens with one attached hydrogen (secondary N) is 1. The van der Waals surface area contributed by atoms with Gasteiger partial charge in [-0.25, -0.2) is 9.40 Å². The lowest BCUT2D eigenvalue weighted by Gasteiger charge is -2.23. The van der Waals surface area contributed by atoms with Crippen molar-refractivity contribution >= 4 is 51.7 Å². The summed E-state index contributed by atoms with van der Waals surface area (Å²) in [5, 5.41) is 9.74. The molecule has 0 radical (unpaired) electrons. The van der Waals surface area contributed by atoms with Crippen LogP contribution < -0.4 is 5.32 Å². The predicted molar refractivity (Wildman–Crippen MR) is 142 cm³/mol. The summed E-state index contributed by atoms with van der Waals surface area (Å²) in [5.41, 5.74) is 4.26. The van der Waals surface area contributed by atoms with Crippen molar-refractivity contribution < 1.29 is 14.0 Å². The average molecular weight is 521 g/mol. The Morgan fingerprint density at radius 2 is 1.89 bits per heavy atom. The number of amidine groups is 1. The Labute approximate surface area is 217 Å². The molecule has 0 saturated carbocycles. The van der Waals surface area contributed by atoms with Gasteiger partial charge in [0, 0.05) is 23.6 Å². The fourth-order valence-electron chi connectivity index (χ4n) is 4.16. The lowest BCUT2D eigenvalue weighted by Crippen LogP contribution is -2.25. The average Bonchev–Trinajstić information content (AvgIpc) is 3.44. The predicted octanol–water partition coefficient (Wildman–Crippen LogP) is 5.97. The van der Waals surface area contributed by atoms with Crippen molar-refractivity contribution in [2.24, 2.45) is 10.1 Å². The van der Waals surface area contributed by atoms with Crippen LogP contribution in [0.25, 0.3) is 0 Å². The Hall–Kier alpha value is -3.49. The van der Waals surface area contributed by atoms with E-state index >= 15 is 0 Å². The molecule has 182 valence electrons. The number of aryl methyl sites for hydroxylation is 1. The molecule has 2 amide bonds. The molecule has 3 aromatic carbocycles. The zero-order chi connectivity index (χ0) is 25.2. The molecule has 1 N–H and O–H groups in total. The van der Waals surface area contributed by atoms with E-state index in [1.165, 1.54) is 23.9 Å². The SMILES string of the molecule is Cc1cccc(NC(=O)C[C@H]2SC(N3N=C(c4ccc(Cl)cc4)C[C@@H]3c3ccc(F)cc3)=NC2=O)c1. The molecule has 2 atom stereocenters. The Morgan fingerprint density at radius 3 is 2.61 bits per heavy atom. The fraction of sp³-hybridized carbons (Fsp3) is 0.185. The molecule has 36 heavy (non-hydrogen) atoms. The quantitative estimate of drug-likeness (QED) is 0.450. The Morgan fingerprint density at radius 1 is 1.14 bits per heavy atom. The van der Waals surface area contributed by atoms with Crippen molar-refractivity contribution in [3.05, 3.63) is 100 Å². The summed E-state index contributed by atoms with van der Waals surface area (Å²) in [7, 11) is 0. The number of hydrogen-bond acceptors (Lipinski definition) is 5. The van der Waals surface area contributed by atoms with E-state index in [4.69, 9.17) is 16.7 Å². The van der Waals surface area contributed by atoms with E-state index in [2.05, 4.69) is 10.3 Å². The molecule has 2 heterocycles. The molecule has 0 aromatic heterocycles. The Bertz CT molecular complexity index is 1380. The van der Waals surface area contributed by atoms with Crippen LogP contribution >= 0.6 is 23.4 Å². The van der Waals surface area contributed by atoms with E-state index in [9.17, 15) is 14.0 Å². The van der Waals surface area contributed by atoms with E-state index in [1.807, 2.05) is 37.3 Å². The van der Waals surface area contributed by atoms with Gasteiger partial charge in [-0.2, -0.15) is 10.1 Å². The second-order valence-electron chi connectivity index (χ2n) is 8.63. The highest BCUT2D eigenvalue weighted by molar-refractivity contribution is 8.15. The van der Waals surface area contributed by atoms with Crippen LogP contribution in [0.2, 0.25) is 5.02 Å². The summed E-state index contributed by atoms with van der Waals surface area (Å²) in [4.78, 5) is 29.6. The minimum atomic E-state index is -0.645. The van der Waals surface area contributed by atoms with E-state index in [0.29, 0.717) is 22.3 Å². The molecule has 0 unspecified atom stereocenters. The van der Waals surface area contributed by atoms with Gasteiger partial charge in [0.05, 0.1) is 11.8 Å². The molecule has 0 saturated heterocycles. The number of nitrogens with zero attached hydrogens (tertiary/aromatic N) is 3. The van der Waals surface area contributed by atoms with Gasteiger partial charge in [0.1, 0.15) is 11.1 Å². The number of aliphatic imine (C=N–C) groups is 1. The zero-order valence-electron chi connectivity index (χ0n) is 19.3. The third-order valence-electron chi connectivity index (χ3n) is 5.94. The van der Waals surface area contributed by atoms with Crippen molar-refractivity contribution in [3.63, 3.8) is 0 Å². The number of anilines is 1. The maximum absolute atomic E-state index is 13.6. The number of benzene rings is 3.